The summed E-state index contributed by atoms with van der Waals surface area (Å²) in [4.78, 5) is 2.24. The van der Waals surface area contributed by atoms with Gasteiger partial charge in [0.1, 0.15) is 6.67 Å². The fraction of sp³-hybridized carbons (Fsp3) is 1.00. The predicted octanol–water partition coefficient (Wildman–Crippen LogP) is 1.81. The van der Waals surface area contributed by atoms with Crippen LogP contribution in [0.15, 0.2) is 0 Å². The Morgan fingerprint density at radius 1 is 1.36 bits per heavy atom. The Kier molecular flexibility index (Phi) is 6.12. The van der Waals surface area contributed by atoms with E-state index in [0.717, 1.165) is 26.1 Å². The summed E-state index contributed by atoms with van der Waals surface area (Å²) in [5.41, 5.74) is 0. The van der Waals surface area contributed by atoms with Crippen LogP contribution in [0, 0.1) is 0 Å². The summed E-state index contributed by atoms with van der Waals surface area (Å²) >= 11 is 0. The van der Waals surface area contributed by atoms with Gasteiger partial charge in [-0.15, -0.1) is 0 Å². The van der Waals surface area contributed by atoms with Gasteiger partial charge in [-0.1, -0.05) is 13.3 Å². The second-order valence-corrected chi connectivity index (χ2v) is 4.14. The molecule has 0 saturated carbocycles. The summed E-state index contributed by atoms with van der Waals surface area (Å²) in [5.74, 6) is 0. The molecule has 0 aromatic heterocycles. The summed E-state index contributed by atoms with van der Waals surface area (Å²) in [6.07, 6.45) is 5.00. The number of alkyl halides is 1. The van der Waals surface area contributed by atoms with Crippen LogP contribution in [-0.2, 0) is 0 Å². The Hall–Kier alpha value is -0.150. The highest BCUT2D eigenvalue weighted by atomic mass is 19.1. The third-order valence-corrected chi connectivity index (χ3v) is 2.83. The molecule has 0 amide bonds. The van der Waals surface area contributed by atoms with E-state index in [-0.39, 0.29) is 6.67 Å². The maximum atomic E-state index is 12.3. The molecule has 0 aromatic rings. The van der Waals surface area contributed by atoms with Gasteiger partial charge >= 0.3 is 0 Å². The molecule has 2 nitrogen and oxygen atoms in total. The van der Waals surface area contributed by atoms with Crippen molar-refractivity contribution in [3.8, 4) is 0 Å². The Balaban J connectivity index is 2.21. The Bertz CT molecular complexity index is 129. The minimum absolute atomic E-state index is 0.216. The van der Waals surface area contributed by atoms with E-state index < -0.39 is 0 Å². The van der Waals surface area contributed by atoms with Crippen LogP contribution >= 0.6 is 0 Å². The van der Waals surface area contributed by atoms with Gasteiger partial charge in [0.2, 0.25) is 0 Å². The van der Waals surface area contributed by atoms with Gasteiger partial charge in [-0.2, -0.15) is 0 Å². The first-order valence-electron chi connectivity index (χ1n) is 5.88. The third-order valence-electron chi connectivity index (χ3n) is 2.83. The molecule has 1 aliphatic heterocycles. The van der Waals surface area contributed by atoms with E-state index in [0.29, 0.717) is 12.6 Å². The molecule has 0 spiro atoms. The van der Waals surface area contributed by atoms with Crippen molar-refractivity contribution in [2.75, 3.05) is 32.9 Å². The fourth-order valence-corrected chi connectivity index (χ4v) is 2.12. The molecule has 3 heteroatoms. The zero-order valence-electron chi connectivity index (χ0n) is 9.27. The van der Waals surface area contributed by atoms with Crippen molar-refractivity contribution in [2.24, 2.45) is 0 Å². The SMILES string of the molecule is CCCN(CCF)CC1CCCCN1. The maximum absolute atomic E-state index is 12.3. The van der Waals surface area contributed by atoms with Crippen LogP contribution in [0.3, 0.4) is 0 Å². The number of piperidine rings is 1. The largest absolute Gasteiger partial charge is 0.313 e. The molecular formula is C11H23FN2. The first-order valence-corrected chi connectivity index (χ1v) is 5.88. The van der Waals surface area contributed by atoms with Crippen molar-refractivity contribution in [2.45, 2.75) is 38.6 Å². The molecule has 84 valence electrons. The van der Waals surface area contributed by atoms with Crippen molar-refractivity contribution >= 4 is 0 Å². The molecule has 1 unspecified atom stereocenters. The lowest BCUT2D eigenvalue weighted by Crippen LogP contribution is -2.44. The standard InChI is InChI=1S/C11H23FN2/c1-2-8-14(9-6-12)10-11-5-3-4-7-13-11/h11,13H,2-10H2,1H3. The first-order chi connectivity index (χ1) is 6.86. The van der Waals surface area contributed by atoms with E-state index in [2.05, 4.69) is 17.1 Å². The summed E-state index contributed by atoms with van der Waals surface area (Å²) in [6.45, 7) is 5.73. The maximum Gasteiger partial charge on any atom is 0.102 e. The van der Waals surface area contributed by atoms with E-state index in [1.165, 1.54) is 19.3 Å². The summed E-state index contributed by atoms with van der Waals surface area (Å²) in [5, 5.41) is 3.50. The van der Waals surface area contributed by atoms with Crippen molar-refractivity contribution in [3.63, 3.8) is 0 Å². The van der Waals surface area contributed by atoms with E-state index >= 15 is 0 Å². The highest BCUT2D eigenvalue weighted by Crippen LogP contribution is 2.08. The Morgan fingerprint density at radius 2 is 2.21 bits per heavy atom. The zero-order valence-corrected chi connectivity index (χ0v) is 9.27. The van der Waals surface area contributed by atoms with Gasteiger partial charge in [0.25, 0.3) is 0 Å². The lowest BCUT2D eigenvalue weighted by molar-refractivity contribution is 0.209. The average molecular weight is 202 g/mol. The molecule has 0 bridgehead atoms. The topological polar surface area (TPSA) is 15.3 Å². The van der Waals surface area contributed by atoms with Gasteiger partial charge in [0, 0.05) is 19.1 Å². The zero-order chi connectivity index (χ0) is 10.2. The molecule has 1 rings (SSSR count). The summed E-state index contributed by atoms with van der Waals surface area (Å²) in [7, 11) is 0. The Labute approximate surface area is 86.9 Å². The monoisotopic (exact) mass is 202 g/mol. The minimum atomic E-state index is -0.216. The molecule has 1 atom stereocenters. The van der Waals surface area contributed by atoms with Gasteiger partial charge in [-0.05, 0) is 32.4 Å². The number of nitrogens with zero attached hydrogens (tertiary/aromatic N) is 1. The van der Waals surface area contributed by atoms with Crippen LogP contribution in [0.4, 0.5) is 4.39 Å². The van der Waals surface area contributed by atoms with Gasteiger partial charge in [0.05, 0.1) is 0 Å². The van der Waals surface area contributed by atoms with E-state index in [1.807, 2.05) is 0 Å². The third kappa shape index (κ3) is 4.38. The lowest BCUT2D eigenvalue weighted by atomic mass is 10.0. The number of nitrogens with one attached hydrogen (secondary N) is 1. The number of hydrogen-bond donors (Lipinski definition) is 1. The molecular weight excluding hydrogens is 179 g/mol. The smallest absolute Gasteiger partial charge is 0.102 e. The summed E-state index contributed by atoms with van der Waals surface area (Å²) in [6, 6.07) is 0.599. The number of rotatable bonds is 6. The predicted molar refractivity (Wildman–Crippen MR) is 58.3 cm³/mol. The van der Waals surface area contributed by atoms with Crippen LogP contribution in [0.25, 0.3) is 0 Å². The molecule has 0 aliphatic carbocycles. The highest BCUT2D eigenvalue weighted by Gasteiger charge is 2.15. The van der Waals surface area contributed by atoms with Gasteiger partial charge < -0.3 is 5.32 Å². The quantitative estimate of drug-likeness (QED) is 0.706. The van der Waals surface area contributed by atoms with Crippen molar-refractivity contribution in [1.82, 2.24) is 10.2 Å². The van der Waals surface area contributed by atoms with E-state index in [9.17, 15) is 4.39 Å². The second kappa shape index (κ2) is 7.18. The van der Waals surface area contributed by atoms with Gasteiger partial charge in [-0.3, -0.25) is 4.90 Å². The molecule has 14 heavy (non-hydrogen) atoms. The minimum Gasteiger partial charge on any atom is -0.313 e. The highest BCUT2D eigenvalue weighted by molar-refractivity contribution is 4.75. The molecule has 0 radical (unpaired) electrons. The van der Waals surface area contributed by atoms with Crippen molar-refractivity contribution in [1.29, 1.82) is 0 Å². The normalized spacial score (nSPS) is 22.9. The molecule has 1 aliphatic rings. The van der Waals surface area contributed by atoms with Crippen LogP contribution < -0.4 is 5.32 Å². The average Bonchev–Trinajstić information content (AvgIpc) is 2.20. The van der Waals surface area contributed by atoms with Crippen LogP contribution in [0.5, 0.6) is 0 Å². The van der Waals surface area contributed by atoms with Crippen LogP contribution in [0.1, 0.15) is 32.6 Å². The molecule has 1 N–H and O–H groups in total. The van der Waals surface area contributed by atoms with Crippen LogP contribution in [0.2, 0.25) is 0 Å². The lowest BCUT2D eigenvalue weighted by Gasteiger charge is -2.29. The van der Waals surface area contributed by atoms with E-state index in [1.54, 1.807) is 0 Å². The number of hydrogen-bond acceptors (Lipinski definition) is 2. The molecule has 0 aromatic carbocycles. The van der Waals surface area contributed by atoms with Gasteiger partial charge in [-0.25, -0.2) is 4.39 Å². The second-order valence-electron chi connectivity index (χ2n) is 4.14. The molecule has 1 fully saturated rings. The van der Waals surface area contributed by atoms with Crippen molar-refractivity contribution < 1.29 is 4.39 Å². The number of halogens is 1. The molecule has 1 saturated heterocycles. The van der Waals surface area contributed by atoms with Crippen molar-refractivity contribution in [3.05, 3.63) is 0 Å². The van der Waals surface area contributed by atoms with Gasteiger partial charge in [0.15, 0.2) is 0 Å². The van der Waals surface area contributed by atoms with E-state index in [4.69, 9.17) is 0 Å². The summed E-state index contributed by atoms with van der Waals surface area (Å²) < 4.78 is 12.3. The molecule has 1 heterocycles. The first kappa shape index (κ1) is 11.9. The van der Waals surface area contributed by atoms with Crippen LogP contribution in [-0.4, -0.2) is 43.8 Å². The fourth-order valence-electron chi connectivity index (χ4n) is 2.12. The Morgan fingerprint density at radius 3 is 2.79 bits per heavy atom.